The van der Waals surface area contributed by atoms with Crippen molar-refractivity contribution in [2.75, 3.05) is 11.6 Å². The minimum absolute atomic E-state index is 0.772. The highest BCUT2D eigenvalue weighted by Crippen LogP contribution is 2.16. The Bertz CT molecular complexity index is 640. The summed E-state index contributed by atoms with van der Waals surface area (Å²) in [6, 6.07) is 16.6. The first-order chi connectivity index (χ1) is 9.35. The number of nitrogens with zero attached hydrogens (tertiary/aromatic N) is 1. The summed E-state index contributed by atoms with van der Waals surface area (Å²) in [4.78, 5) is 9.04. The smallest absolute Gasteiger partial charge is 0.201 e. The lowest BCUT2D eigenvalue weighted by Crippen LogP contribution is -2.00. The van der Waals surface area contributed by atoms with Crippen LogP contribution >= 0.6 is 11.8 Å². The minimum atomic E-state index is 0.772. The molecule has 3 rings (SSSR count). The van der Waals surface area contributed by atoms with Crippen LogP contribution in [-0.4, -0.2) is 16.2 Å². The predicted molar refractivity (Wildman–Crippen MR) is 81.6 cm³/mol. The van der Waals surface area contributed by atoms with Gasteiger partial charge in [0.05, 0.1) is 11.0 Å². The zero-order valence-electron chi connectivity index (χ0n) is 10.7. The molecule has 0 aliphatic heterocycles. The number of anilines is 1. The Morgan fingerprint density at radius 2 is 1.89 bits per heavy atom. The molecule has 0 radical (unpaired) electrons. The van der Waals surface area contributed by atoms with E-state index in [0.717, 1.165) is 23.5 Å². The number of benzene rings is 2. The maximum absolute atomic E-state index is 4.49. The van der Waals surface area contributed by atoms with Crippen molar-refractivity contribution < 1.29 is 0 Å². The zero-order valence-corrected chi connectivity index (χ0v) is 11.5. The largest absolute Gasteiger partial charge is 0.352 e. The summed E-state index contributed by atoms with van der Waals surface area (Å²) in [5, 5.41) is 3.31. The number of aromatic nitrogens is 2. The van der Waals surface area contributed by atoms with E-state index in [4.69, 9.17) is 0 Å². The third-order valence-electron chi connectivity index (χ3n) is 3.01. The van der Waals surface area contributed by atoms with Crippen molar-refractivity contribution in [2.45, 2.75) is 11.4 Å². The van der Waals surface area contributed by atoms with Gasteiger partial charge < -0.3 is 10.3 Å². The van der Waals surface area contributed by atoms with Gasteiger partial charge >= 0.3 is 0 Å². The average Bonchev–Trinajstić information content (AvgIpc) is 2.88. The maximum Gasteiger partial charge on any atom is 0.201 e. The second kappa shape index (κ2) is 5.36. The number of hydrogen-bond acceptors (Lipinski definition) is 3. The molecular formula is C15H15N3S. The first kappa shape index (κ1) is 12.1. The van der Waals surface area contributed by atoms with Gasteiger partial charge in [-0.3, -0.25) is 0 Å². The molecule has 19 heavy (non-hydrogen) atoms. The average molecular weight is 269 g/mol. The lowest BCUT2D eigenvalue weighted by molar-refractivity contribution is 1.09. The van der Waals surface area contributed by atoms with E-state index in [1.54, 1.807) is 11.8 Å². The van der Waals surface area contributed by atoms with Gasteiger partial charge in [0.15, 0.2) is 0 Å². The van der Waals surface area contributed by atoms with E-state index in [2.05, 4.69) is 45.8 Å². The van der Waals surface area contributed by atoms with Crippen LogP contribution in [0.1, 0.15) is 5.56 Å². The summed E-state index contributed by atoms with van der Waals surface area (Å²) < 4.78 is 0. The lowest BCUT2D eigenvalue weighted by Gasteiger charge is -2.03. The van der Waals surface area contributed by atoms with Crippen molar-refractivity contribution in [3.05, 3.63) is 54.1 Å². The Hall–Kier alpha value is -1.94. The van der Waals surface area contributed by atoms with Gasteiger partial charge in [-0.15, -0.1) is 11.8 Å². The highest BCUT2D eigenvalue weighted by Gasteiger charge is 2.01. The van der Waals surface area contributed by atoms with Crippen LogP contribution in [0.15, 0.2) is 53.4 Å². The fourth-order valence-corrected chi connectivity index (χ4v) is 2.37. The molecular weight excluding hydrogens is 254 g/mol. The van der Waals surface area contributed by atoms with Gasteiger partial charge in [0.25, 0.3) is 0 Å². The normalized spacial score (nSPS) is 10.8. The monoisotopic (exact) mass is 269 g/mol. The first-order valence-corrected chi connectivity index (χ1v) is 7.39. The standard InChI is InChI=1S/C15H15N3S/c1-19-12-8-6-11(7-9-12)10-16-15-17-13-4-2-3-5-14(13)18-15/h2-9H,10H2,1H3,(H2,16,17,18). The summed E-state index contributed by atoms with van der Waals surface area (Å²) in [7, 11) is 0. The summed E-state index contributed by atoms with van der Waals surface area (Å²) in [6.07, 6.45) is 2.08. The zero-order chi connectivity index (χ0) is 13.1. The molecule has 0 unspecified atom stereocenters. The molecule has 0 spiro atoms. The number of thioether (sulfide) groups is 1. The van der Waals surface area contributed by atoms with Gasteiger partial charge in [0, 0.05) is 11.4 Å². The van der Waals surface area contributed by atoms with E-state index < -0.39 is 0 Å². The molecule has 2 N–H and O–H groups in total. The fraction of sp³-hybridized carbons (Fsp3) is 0.133. The number of imidazole rings is 1. The second-order valence-electron chi connectivity index (χ2n) is 4.30. The fourth-order valence-electron chi connectivity index (χ4n) is 1.97. The third-order valence-corrected chi connectivity index (χ3v) is 3.75. The van der Waals surface area contributed by atoms with E-state index >= 15 is 0 Å². The minimum Gasteiger partial charge on any atom is -0.352 e. The molecule has 0 aliphatic rings. The predicted octanol–water partition coefficient (Wildman–Crippen LogP) is 3.90. The lowest BCUT2D eigenvalue weighted by atomic mass is 10.2. The number of H-pyrrole nitrogens is 1. The molecule has 0 atom stereocenters. The number of rotatable bonds is 4. The Morgan fingerprint density at radius 3 is 2.63 bits per heavy atom. The highest BCUT2D eigenvalue weighted by molar-refractivity contribution is 7.98. The van der Waals surface area contributed by atoms with Crippen LogP contribution in [0.25, 0.3) is 11.0 Å². The van der Waals surface area contributed by atoms with Crippen molar-refractivity contribution in [3.8, 4) is 0 Å². The molecule has 0 bridgehead atoms. The van der Waals surface area contributed by atoms with E-state index in [-0.39, 0.29) is 0 Å². The molecule has 4 heteroatoms. The molecule has 3 aromatic rings. The van der Waals surface area contributed by atoms with E-state index in [1.165, 1.54) is 10.5 Å². The van der Waals surface area contributed by atoms with Crippen LogP contribution in [0.3, 0.4) is 0 Å². The van der Waals surface area contributed by atoms with E-state index in [0.29, 0.717) is 0 Å². The second-order valence-corrected chi connectivity index (χ2v) is 5.18. The summed E-state index contributed by atoms with van der Waals surface area (Å²) >= 11 is 1.76. The number of hydrogen-bond donors (Lipinski definition) is 2. The van der Waals surface area contributed by atoms with Crippen molar-refractivity contribution in [3.63, 3.8) is 0 Å². The summed E-state index contributed by atoms with van der Waals surface area (Å²) in [6.45, 7) is 0.772. The topological polar surface area (TPSA) is 40.7 Å². The quantitative estimate of drug-likeness (QED) is 0.706. The molecule has 1 aromatic heterocycles. The molecule has 0 fully saturated rings. The van der Waals surface area contributed by atoms with Crippen LogP contribution in [-0.2, 0) is 6.54 Å². The molecule has 0 aliphatic carbocycles. The van der Waals surface area contributed by atoms with Gasteiger partial charge in [-0.25, -0.2) is 4.98 Å². The molecule has 0 amide bonds. The molecule has 96 valence electrons. The van der Waals surface area contributed by atoms with Gasteiger partial charge in [-0.05, 0) is 36.1 Å². The van der Waals surface area contributed by atoms with Crippen LogP contribution < -0.4 is 5.32 Å². The maximum atomic E-state index is 4.49. The van der Waals surface area contributed by atoms with Crippen LogP contribution in [0, 0.1) is 0 Å². The van der Waals surface area contributed by atoms with Crippen molar-refractivity contribution in [1.82, 2.24) is 9.97 Å². The van der Waals surface area contributed by atoms with Crippen molar-refractivity contribution in [1.29, 1.82) is 0 Å². The van der Waals surface area contributed by atoms with Crippen LogP contribution in [0.2, 0.25) is 0 Å². The Morgan fingerprint density at radius 1 is 1.11 bits per heavy atom. The summed E-state index contributed by atoms with van der Waals surface area (Å²) in [5.41, 5.74) is 3.30. The van der Waals surface area contributed by atoms with Gasteiger partial charge in [0.2, 0.25) is 5.95 Å². The van der Waals surface area contributed by atoms with Crippen LogP contribution in [0.4, 0.5) is 5.95 Å². The van der Waals surface area contributed by atoms with Crippen molar-refractivity contribution in [2.24, 2.45) is 0 Å². The van der Waals surface area contributed by atoms with Crippen molar-refractivity contribution >= 4 is 28.7 Å². The SMILES string of the molecule is CSc1ccc(CNc2nc3ccccc3[nH]2)cc1. The molecule has 0 saturated heterocycles. The number of fused-ring (bicyclic) bond motifs is 1. The number of para-hydroxylation sites is 2. The Balaban J connectivity index is 1.70. The molecule has 3 nitrogen and oxygen atoms in total. The highest BCUT2D eigenvalue weighted by atomic mass is 32.2. The van der Waals surface area contributed by atoms with E-state index in [9.17, 15) is 0 Å². The number of aromatic amines is 1. The summed E-state index contributed by atoms with van der Waals surface area (Å²) in [5.74, 6) is 0.815. The van der Waals surface area contributed by atoms with Crippen LogP contribution in [0.5, 0.6) is 0 Å². The number of nitrogens with one attached hydrogen (secondary N) is 2. The first-order valence-electron chi connectivity index (χ1n) is 6.17. The van der Waals surface area contributed by atoms with Gasteiger partial charge in [-0.2, -0.15) is 0 Å². The van der Waals surface area contributed by atoms with Gasteiger partial charge in [-0.1, -0.05) is 24.3 Å². The van der Waals surface area contributed by atoms with Gasteiger partial charge in [0.1, 0.15) is 0 Å². The molecule has 2 aromatic carbocycles. The van der Waals surface area contributed by atoms with E-state index in [1.807, 2.05) is 24.3 Å². The Kier molecular flexibility index (Phi) is 3.42. The Labute approximate surface area is 116 Å². The molecule has 1 heterocycles. The molecule has 0 saturated carbocycles. The third kappa shape index (κ3) is 2.74.